The van der Waals surface area contributed by atoms with E-state index in [1.54, 1.807) is 0 Å². The zero-order valence-corrected chi connectivity index (χ0v) is 9.87. The van der Waals surface area contributed by atoms with Gasteiger partial charge in [-0.25, -0.2) is 0 Å². The fraction of sp³-hybridized carbons (Fsp3) is 0.500. The van der Waals surface area contributed by atoms with Gasteiger partial charge in [-0.1, -0.05) is 6.07 Å². The van der Waals surface area contributed by atoms with E-state index >= 15 is 0 Å². The van der Waals surface area contributed by atoms with E-state index in [9.17, 15) is 0 Å². The van der Waals surface area contributed by atoms with E-state index in [-0.39, 0.29) is 22.4 Å². The van der Waals surface area contributed by atoms with E-state index in [2.05, 4.69) is 23.0 Å². The maximum atomic E-state index is 4.14. The minimum absolute atomic E-state index is 0. The van der Waals surface area contributed by atoms with Crippen LogP contribution in [0.15, 0.2) is 24.5 Å². The third kappa shape index (κ3) is 2.41. The van der Waals surface area contributed by atoms with Crippen LogP contribution < -0.4 is 0 Å². The average molecular weight is 359 g/mol. The van der Waals surface area contributed by atoms with Crippen molar-refractivity contribution in [1.29, 1.82) is 0 Å². The molecule has 0 N–H and O–H groups in total. The van der Waals surface area contributed by atoms with Gasteiger partial charge in [-0.05, 0) is 38.1 Å². The molecule has 1 saturated heterocycles. The quantitative estimate of drug-likeness (QED) is 0.712. The molecule has 0 bridgehead atoms. The van der Waals surface area contributed by atoms with Crippen molar-refractivity contribution in [2.75, 3.05) is 13.6 Å². The molecule has 1 aliphatic heterocycles. The van der Waals surface area contributed by atoms with Crippen LogP contribution in [0.5, 0.6) is 0 Å². The fourth-order valence-electron chi connectivity index (χ4n) is 1.90. The standard InChI is InChI=1S/C10H14N2.Au/c1-12-7-3-5-10(12)9-4-2-6-11-8-9;/h2,4,6,8,10H,3,5,7H2,1H3;. The summed E-state index contributed by atoms with van der Waals surface area (Å²) in [5.41, 5.74) is 1.36. The molecule has 75 valence electrons. The molecule has 0 amide bonds. The van der Waals surface area contributed by atoms with Crippen molar-refractivity contribution in [2.45, 2.75) is 18.9 Å². The molecule has 1 fully saturated rings. The van der Waals surface area contributed by atoms with Crippen molar-refractivity contribution in [3.05, 3.63) is 30.1 Å². The van der Waals surface area contributed by atoms with Gasteiger partial charge in [0.25, 0.3) is 0 Å². The smallest absolute Gasteiger partial charge is 0.0360 e. The van der Waals surface area contributed by atoms with Gasteiger partial charge in [-0.3, -0.25) is 9.88 Å². The molecule has 2 heterocycles. The molecule has 1 radical (unpaired) electrons. The molecule has 13 heavy (non-hydrogen) atoms. The van der Waals surface area contributed by atoms with E-state index in [4.69, 9.17) is 0 Å². The molecule has 0 saturated carbocycles. The topological polar surface area (TPSA) is 16.1 Å². The molecule has 0 aromatic carbocycles. The summed E-state index contributed by atoms with van der Waals surface area (Å²) in [7, 11) is 2.19. The van der Waals surface area contributed by atoms with Crippen molar-refractivity contribution in [2.24, 2.45) is 0 Å². The zero-order valence-electron chi connectivity index (χ0n) is 7.70. The molecule has 3 heteroatoms. The number of nitrogens with zero attached hydrogens (tertiary/aromatic N) is 2. The van der Waals surface area contributed by atoms with Crippen LogP contribution >= 0.6 is 0 Å². The number of aromatic nitrogens is 1. The largest absolute Gasteiger partial charge is 0.299 e. The van der Waals surface area contributed by atoms with Crippen LogP contribution in [-0.2, 0) is 22.4 Å². The van der Waals surface area contributed by atoms with Crippen molar-refractivity contribution in [3.8, 4) is 0 Å². The van der Waals surface area contributed by atoms with E-state index in [0.29, 0.717) is 6.04 Å². The van der Waals surface area contributed by atoms with Gasteiger partial charge in [0.05, 0.1) is 0 Å². The summed E-state index contributed by atoms with van der Waals surface area (Å²) in [5, 5.41) is 0. The van der Waals surface area contributed by atoms with E-state index in [1.165, 1.54) is 24.9 Å². The van der Waals surface area contributed by atoms with Crippen LogP contribution in [0.2, 0.25) is 0 Å². The molecule has 0 aliphatic carbocycles. The van der Waals surface area contributed by atoms with Gasteiger partial charge in [0, 0.05) is 40.8 Å². The number of rotatable bonds is 1. The summed E-state index contributed by atoms with van der Waals surface area (Å²) < 4.78 is 0. The van der Waals surface area contributed by atoms with E-state index in [1.807, 2.05) is 18.5 Å². The summed E-state index contributed by atoms with van der Waals surface area (Å²) in [4.78, 5) is 6.54. The first-order valence-corrected chi connectivity index (χ1v) is 4.48. The van der Waals surface area contributed by atoms with Crippen LogP contribution in [-0.4, -0.2) is 23.5 Å². The SMILES string of the molecule is CN1CCCC1c1cccnc1.[Au]. The number of pyridine rings is 1. The van der Waals surface area contributed by atoms with Crippen LogP contribution in [0.1, 0.15) is 24.4 Å². The van der Waals surface area contributed by atoms with Crippen LogP contribution in [0.3, 0.4) is 0 Å². The first-order chi connectivity index (χ1) is 5.88. The van der Waals surface area contributed by atoms with Gasteiger partial charge < -0.3 is 0 Å². The predicted octanol–water partition coefficient (Wildman–Crippen LogP) is 1.85. The minimum Gasteiger partial charge on any atom is -0.299 e. The molecule has 2 rings (SSSR count). The van der Waals surface area contributed by atoms with Crippen molar-refractivity contribution < 1.29 is 22.4 Å². The van der Waals surface area contributed by atoms with Gasteiger partial charge in [-0.15, -0.1) is 0 Å². The second kappa shape index (κ2) is 4.91. The summed E-state index contributed by atoms with van der Waals surface area (Å²) in [5.74, 6) is 0. The second-order valence-electron chi connectivity index (χ2n) is 3.42. The molecule has 1 aromatic rings. The number of hydrogen-bond acceptors (Lipinski definition) is 2. The maximum Gasteiger partial charge on any atom is 0.0360 e. The summed E-state index contributed by atoms with van der Waals surface area (Å²) in [6, 6.07) is 4.79. The Kier molecular flexibility index (Phi) is 4.13. The van der Waals surface area contributed by atoms with E-state index in [0.717, 1.165) is 0 Å². The predicted molar refractivity (Wildman–Crippen MR) is 48.8 cm³/mol. The Morgan fingerprint density at radius 1 is 1.54 bits per heavy atom. The first kappa shape index (κ1) is 10.9. The molecule has 1 unspecified atom stereocenters. The fourth-order valence-corrected chi connectivity index (χ4v) is 1.90. The molecule has 2 nitrogen and oxygen atoms in total. The summed E-state index contributed by atoms with van der Waals surface area (Å²) >= 11 is 0. The molecule has 0 spiro atoms. The Bertz CT molecular complexity index is 250. The monoisotopic (exact) mass is 359 g/mol. The Labute approximate surface area is 94.9 Å². The summed E-state index contributed by atoms with van der Waals surface area (Å²) in [6.07, 6.45) is 6.41. The summed E-state index contributed by atoms with van der Waals surface area (Å²) in [6.45, 7) is 1.22. The van der Waals surface area contributed by atoms with Gasteiger partial charge in [-0.2, -0.15) is 0 Å². The van der Waals surface area contributed by atoms with Gasteiger partial charge in [0.1, 0.15) is 0 Å². The molecule has 1 atom stereocenters. The van der Waals surface area contributed by atoms with Crippen molar-refractivity contribution in [1.82, 2.24) is 9.88 Å². The third-order valence-corrected chi connectivity index (χ3v) is 2.59. The normalized spacial score (nSPS) is 22.7. The minimum atomic E-state index is 0. The average Bonchev–Trinajstić information content (AvgIpc) is 2.53. The Morgan fingerprint density at radius 3 is 2.92 bits per heavy atom. The van der Waals surface area contributed by atoms with E-state index < -0.39 is 0 Å². The zero-order chi connectivity index (χ0) is 8.39. The van der Waals surface area contributed by atoms with Gasteiger partial charge in [0.15, 0.2) is 0 Å². The second-order valence-corrected chi connectivity index (χ2v) is 3.42. The van der Waals surface area contributed by atoms with Crippen molar-refractivity contribution >= 4 is 0 Å². The number of likely N-dealkylation sites (tertiary alicyclic amines) is 1. The molecular weight excluding hydrogens is 345 g/mol. The third-order valence-electron chi connectivity index (χ3n) is 2.59. The molecule has 1 aromatic heterocycles. The van der Waals surface area contributed by atoms with Crippen LogP contribution in [0.25, 0.3) is 0 Å². The molecule has 1 aliphatic rings. The van der Waals surface area contributed by atoms with Crippen LogP contribution in [0.4, 0.5) is 0 Å². The number of hydrogen-bond donors (Lipinski definition) is 0. The van der Waals surface area contributed by atoms with Crippen LogP contribution in [0, 0.1) is 0 Å². The first-order valence-electron chi connectivity index (χ1n) is 4.48. The van der Waals surface area contributed by atoms with Crippen molar-refractivity contribution in [3.63, 3.8) is 0 Å². The Balaban J connectivity index is 0.000000845. The van der Waals surface area contributed by atoms with Gasteiger partial charge in [0.2, 0.25) is 0 Å². The Hall–Kier alpha value is -0.150. The Morgan fingerprint density at radius 2 is 2.38 bits per heavy atom. The van der Waals surface area contributed by atoms with Gasteiger partial charge >= 0.3 is 0 Å². The maximum absolute atomic E-state index is 4.14. The molecular formula is C10H14AuN2.